The number of H-pyrrole nitrogens is 1. The number of morpholine rings is 1. The lowest BCUT2D eigenvalue weighted by Crippen LogP contribution is -2.37. The second kappa shape index (κ2) is 5.98. The van der Waals surface area contributed by atoms with Gasteiger partial charge in [-0.1, -0.05) is 0 Å². The largest absolute Gasteiger partial charge is 0.374 e. The summed E-state index contributed by atoms with van der Waals surface area (Å²) in [5.41, 5.74) is 0.0377. The first kappa shape index (κ1) is 16.1. The molecule has 1 amide bonds. The third-order valence-corrected chi connectivity index (χ3v) is 4.93. The number of fused-ring (bicyclic) bond motifs is 3. The molecule has 0 saturated carbocycles. The zero-order chi connectivity index (χ0) is 18.5. The second-order valence-corrected chi connectivity index (χ2v) is 6.56. The van der Waals surface area contributed by atoms with Crippen molar-refractivity contribution in [2.45, 2.75) is 25.0 Å². The molecule has 2 bridgehead atoms. The highest BCUT2D eigenvalue weighted by atomic mass is 19.3. The van der Waals surface area contributed by atoms with Gasteiger partial charge in [0.05, 0.1) is 36.8 Å². The molecule has 2 fully saturated rings. The Hall–Kier alpha value is -3.08. The van der Waals surface area contributed by atoms with Crippen LogP contribution in [0.5, 0.6) is 0 Å². The summed E-state index contributed by atoms with van der Waals surface area (Å²) in [6.45, 7) is 1.43. The van der Waals surface area contributed by atoms with Crippen LogP contribution in [0.4, 0.5) is 20.3 Å². The van der Waals surface area contributed by atoms with E-state index < -0.39 is 18.0 Å². The highest BCUT2D eigenvalue weighted by Gasteiger charge is 2.39. The van der Waals surface area contributed by atoms with Crippen LogP contribution in [-0.4, -0.2) is 56.0 Å². The van der Waals surface area contributed by atoms with E-state index in [1.165, 1.54) is 10.7 Å². The molecule has 27 heavy (non-hydrogen) atoms. The smallest absolute Gasteiger partial charge is 0.281 e. The van der Waals surface area contributed by atoms with Crippen molar-refractivity contribution in [1.29, 1.82) is 0 Å². The van der Waals surface area contributed by atoms with Crippen LogP contribution in [0, 0.1) is 0 Å². The van der Waals surface area contributed by atoms with Crippen molar-refractivity contribution < 1.29 is 18.3 Å². The fourth-order valence-electron chi connectivity index (χ4n) is 3.61. The predicted octanol–water partition coefficient (Wildman–Crippen LogP) is 1.62. The number of carbonyl (C=O) groups excluding carboxylic acids is 1. The number of alkyl halides is 2. The zero-order valence-electron chi connectivity index (χ0n) is 14.0. The molecule has 140 valence electrons. The van der Waals surface area contributed by atoms with Crippen LogP contribution in [0.3, 0.4) is 0 Å². The van der Waals surface area contributed by atoms with E-state index in [0.717, 1.165) is 25.0 Å². The SMILES string of the molecule is O=C(Nc1cn[nH]c1C(F)F)c1cnn2ccc(N3CC4CC3CO4)nc12. The van der Waals surface area contributed by atoms with Gasteiger partial charge in [-0.25, -0.2) is 18.3 Å². The van der Waals surface area contributed by atoms with Gasteiger partial charge in [0.2, 0.25) is 0 Å². The van der Waals surface area contributed by atoms with E-state index in [0.29, 0.717) is 12.3 Å². The van der Waals surface area contributed by atoms with E-state index in [1.807, 2.05) is 6.07 Å². The van der Waals surface area contributed by atoms with Gasteiger partial charge in [0, 0.05) is 12.7 Å². The first-order chi connectivity index (χ1) is 13.1. The van der Waals surface area contributed by atoms with Crippen molar-refractivity contribution in [2.24, 2.45) is 0 Å². The predicted molar refractivity (Wildman–Crippen MR) is 90.0 cm³/mol. The number of hydrogen-bond acceptors (Lipinski definition) is 6. The molecule has 9 nitrogen and oxygen atoms in total. The molecule has 0 aromatic carbocycles. The summed E-state index contributed by atoms with van der Waals surface area (Å²) in [6.07, 6.45) is 2.65. The first-order valence-electron chi connectivity index (χ1n) is 8.45. The van der Waals surface area contributed by atoms with Crippen LogP contribution >= 0.6 is 0 Å². The average molecular weight is 375 g/mol. The van der Waals surface area contributed by atoms with Crippen molar-refractivity contribution in [1.82, 2.24) is 24.8 Å². The fourth-order valence-corrected chi connectivity index (χ4v) is 3.61. The van der Waals surface area contributed by atoms with Crippen molar-refractivity contribution in [3.8, 4) is 0 Å². The maximum atomic E-state index is 12.9. The Balaban J connectivity index is 1.45. The molecule has 3 aromatic heterocycles. The minimum atomic E-state index is -2.77. The summed E-state index contributed by atoms with van der Waals surface area (Å²) >= 11 is 0. The quantitative estimate of drug-likeness (QED) is 0.719. The van der Waals surface area contributed by atoms with Gasteiger partial charge < -0.3 is 15.0 Å². The molecular weight excluding hydrogens is 360 g/mol. The van der Waals surface area contributed by atoms with Gasteiger partial charge in [-0.05, 0) is 12.5 Å². The molecule has 11 heteroatoms. The summed E-state index contributed by atoms with van der Waals surface area (Å²) < 4.78 is 33.0. The van der Waals surface area contributed by atoms with Crippen molar-refractivity contribution in [3.63, 3.8) is 0 Å². The molecule has 2 atom stereocenters. The van der Waals surface area contributed by atoms with E-state index in [1.54, 1.807) is 6.20 Å². The number of anilines is 2. The maximum Gasteiger partial charge on any atom is 0.281 e. The van der Waals surface area contributed by atoms with Crippen molar-refractivity contribution >= 4 is 23.1 Å². The molecule has 5 rings (SSSR count). The Morgan fingerprint density at radius 3 is 3.04 bits per heavy atom. The van der Waals surface area contributed by atoms with Crippen LogP contribution in [0.15, 0.2) is 24.7 Å². The summed E-state index contributed by atoms with van der Waals surface area (Å²) in [5, 5.41) is 12.3. The molecule has 2 aliphatic rings. The Bertz CT molecular complexity index is 1020. The highest BCUT2D eigenvalue weighted by Crippen LogP contribution is 2.32. The monoisotopic (exact) mass is 375 g/mol. The van der Waals surface area contributed by atoms with Gasteiger partial charge in [0.15, 0.2) is 5.65 Å². The Kier molecular flexibility index (Phi) is 3.57. The molecule has 3 aromatic rings. The van der Waals surface area contributed by atoms with Crippen LogP contribution < -0.4 is 10.2 Å². The van der Waals surface area contributed by atoms with Gasteiger partial charge >= 0.3 is 0 Å². The Morgan fingerprint density at radius 1 is 1.41 bits per heavy atom. The van der Waals surface area contributed by atoms with Gasteiger partial charge in [0.25, 0.3) is 12.3 Å². The zero-order valence-corrected chi connectivity index (χ0v) is 14.0. The lowest BCUT2D eigenvalue weighted by Gasteiger charge is -2.27. The number of ether oxygens (including phenoxy) is 1. The van der Waals surface area contributed by atoms with Crippen LogP contribution in [0.1, 0.15) is 28.9 Å². The number of amides is 1. The topological polar surface area (TPSA) is 100 Å². The summed E-state index contributed by atoms with van der Waals surface area (Å²) in [5.74, 6) is 0.161. The molecule has 2 saturated heterocycles. The standard InChI is InChI=1S/C16H15F2N7O2/c17-14(18)13-11(5-19-23-13)21-16(26)10-4-20-25-2-1-12(22-15(10)25)24-6-9-3-8(24)7-27-9/h1-2,4-5,8-9,14H,3,6-7H2,(H,19,23)(H,21,26). The average Bonchev–Trinajstić information content (AvgIpc) is 3.43. The fraction of sp³-hybridized carbons (Fsp3) is 0.375. The van der Waals surface area contributed by atoms with E-state index in [4.69, 9.17) is 4.74 Å². The number of nitrogens with one attached hydrogen (secondary N) is 2. The number of hydrogen-bond donors (Lipinski definition) is 2. The normalized spacial score (nSPS) is 21.5. The number of aromatic nitrogens is 5. The van der Waals surface area contributed by atoms with Gasteiger partial charge in [-0.15, -0.1) is 0 Å². The molecule has 0 radical (unpaired) electrons. The second-order valence-electron chi connectivity index (χ2n) is 6.56. The van der Waals surface area contributed by atoms with Crippen molar-refractivity contribution in [3.05, 3.63) is 35.9 Å². The summed E-state index contributed by atoms with van der Waals surface area (Å²) in [4.78, 5) is 19.3. The van der Waals surface area contributed by atoms with Crippen LogP contribution in [0.25, 0.3) is 5.65 Å². The van der Waals surface area contributed by atoms with E-state index in [9.17, 15) is 13.6 Å². The minimum absolute atomic E-state index is 0.0699. The van der Waals surface area contributed by atoms with E-state index in [-0.39, 0.29) is 23.4 Å². The van der Waals surface area contributed by atoms with Gasteiger partial charge in [-0.3, -0.25) is 9.89 Å². The van der Waals surface area contributed by atoms with Crippen molar-refractivity contribution in [2.75, 3.05) is 23.4 Å². The van der Waals surface area contributed by atoms with Gasteiger partial charge in [-0.2, -0.15) is 10.2 Å². The Labute approximate surface area is 151 Å². The summed E-state index contributed by atoms with van der Waals surface area (Å²) in [7, 11) is 0. The third kappa shape index (κ3) is 2.62. The maximum absolute atomic E-state index is 12.9. The number of halogens is 2. The number of nitrogens with zero attached hydrogens (tertiary/aromatic N) is 5. The Morgan fingerprint density at radius 2 is 2.30 bits per heavy atom. The molecular formula is C16H15F2N7O2. The lowest BCUT2D eigenvalue weighted by molar-refractivity contribution is 0.0988. The molecule has 5 heterocycles. The highest BCUT2D eigenvalue weighted by molar-refractivity contribution is 6.08. The lowest BCUT2D eigenvalue weighted by atomic mass is 10.2. The number of carbonyl (C=O) groups is 1. The van der Waals surface area contributed by atoms with E-state index in [2.05, 4.69) is 30.5 Å². The minimum Gasteiger partial charge on any atom is -0.374 e. The molecule has 0 spiro atoms. The molecule has 2 N–H and O–H groups in total. The summed E-state index contributed by atoms with van der Waals surface area (Å²) in [6, 6.07) is 2.12. The van der Waals surface area contributed by atoms with Gasteiger partial charge in [0.1, 0.15) is 17.1 Å². The van der Waals surface area contributed by atoms with E-state index >= 15 is 0 Å². The third-order valence-electron chi connectivity index (χ3n) is 4.93. The number of aromatic amines is 1. The molecule has 2 aliphatic heterocycles. The molecule has 0 aliphatic carbocycles. The van der Waals surface area contributed by atoms with Crippen LogP contribution in [0.2, 0.25) is 0 Å². The first-order valence-corrected chi connectivity index (χ1v) is 8.45. The van der Waals surface area contributed by atoms with Crippen LogP contribution in [-0.2, 0) is 4.74 Å². The molecule has 2 unspecified atom stereocenters. The number of rotatable bonds is 4.